The molecule has 25 heavy (non-hydrogen) atoms. The molecule has 0 spiro atoms. The summed E-state index contributed by atoms with van der Waals surface area (Å²) in [6, 6.07) is 18.9. The number of phenolic OH excluding ortho intramolecular Hbond substituents is 1. The van der Waals surface area contributed by atoms with Crippen molar-refractivity contribution in [2.45, 2.75) is 13.0 Å². The summed E-state index contributed by atoms with van der Waals surface area (Å²) in [6.07, 6.45) is -0.507. The number of nitrogens with one attached hydrogen (secondary N) is 1. The second kappa shape index (κ2) is 6.03. The zero-order valence-corrected chi connectivity index (χ0v) is 13.6. The highest BCUT2D eigenvalue weighted by molar-refractivity contribution is 5.91. The normalized spacial score (nSPS) is 12.4. The highest BCUT2D eigenvalue weighted by Gasteiger charge is 2.13. The molecule has 0 aliphatic rings. The van der Waals surface area contributed by atoms with Crippen molar-refractivity contribution in [3.63, 3.8) is 0 Å². The van der Waals surface area contributed by atoms with Gasteiger partial charge in [-0.2, -0.15) is 15.4 Å². The Labute approximate surface area is 144 Å². The van der Waals surface area contributed by atoms with Crippen LogP contribution < -0.4 is 0 Å². The molecule has 124 valence electrons. The second-order valence-electron chi connectivity index (χ2n) is 6.02. The maximum absolute atomic E-state index is 10.5. The fourth-order valence-corrected chi connectivity index (χ4v) is 3.02. The first kappa shape index (κ1) is 15.4. The lowest BCUT2D eigenvalue weighted by atomic mass is 9.92. The van der Waals surface area contributed by atoms with Gasteiger partial charge in [0.1, 0.15) is 16.8 Å². The van der Waals surface area contributed by atoms with Gasteiger partial charge in [-0.15, -0.1) is 0 Å². The molecular weight excluding hydrogens is 314 g/mol. The van der Waals surface area contributed by atoms with E-state index < -0.39 is 6.10 Å². The lowest BCUT2D eigenvalue weighted by molar-refractivity contribution is 0.199. The van der Waals surface area contributed by atoms with E-state index in [0.29, 0.717) is 0 Å². The molecule has 0 fully saturated rings. The second-order valence-corrected chi connectivity index (χ2v) is 6.02. The van der Waals surface area contributed by atoms with Gasteiger partial charge in [-0.1, -0.05) is 42.5 Å². The SMILES string of the molecule is CC(O)c1ccc(-c2cccc(O)c2-c2ccc3n[nH]nc3c2)cc1. The van der Waals surface area contributed by atoms with Gasteiger partial charge in [0.2, 0.25) is 0 Å². The fourth-order valence-electron chi connectivity index (χ4n) is 3.02. The largest absolute Gasteiger partial charge is 0.507 e. The van der Waals surface area contributed by atoms with E-state index in [2.05, 4.69) is 15.4 Å². The summed E-state index contributed by atoms with van der Waals surface area (Å²) in [5.74, 6) is 0.208. The van der Waals surface area contributed by atoms with E-state index in [1.54, 1.807) is 13.0 Å². The first-order valence-corrected chi connectivity index (χ1v) is 8.05. The summed E-state index contributed by atoms with van der Waals surface area (Å²) in [7, 11) is 0. The Bertz CT molecular complexity index is 1040. The molecule has 3 aromatic carbocycles. The topological polar surface area (TPSA) is 82.0 Å². The first-order valence-electron chi connectivity index (χ1n) is 8.05. The number of aliphatic hydroxyl groups excluding tert-OH is 1. The van der Waals surface area contributed by atoms with Crippen molar-refractivity contribution in [2.75, 3.05) is 0 Å². The summed E-state index contributed by atoms with van der Waals surface area (Å²) >= 11 is 0. The number of hydrogen-bond acceptors (Lipinski definition) is 4. The number of H-pyrrole nitrogens is 1. The van der Waals surface area contributed by atoms with Crippen LogP contribution in [0, 0.1) is 0 Å². The lowest BCUT2D eigenvalue weighted by Gasteiger charge is -2.13. The van der Waals surface area contributed by atoms with Crippen molar-refractivity contribution in [1.29, 1.82) is 0 Å². The Hall–Kier alpha value is -3.18. The van der Waals surface area contributed by atoms with Crippen LogP contribution in [0.3, 0.4) is 0 Å². The van der Waals surface area contributed by atoms with Gasteiger partial charge in [0.25, 0.3) is 0 Å². The third-order valence-electron chi connectivity index (χ3n) is 4.35. The highest BCUT2D eigenvalue weighted by Crippen LogP contribution is 2.39. The fraction of sp³-hybridized carbons (Fsp3) is 0.100. The molecule has 4 aromatic rings. The van der Waals surface area contributed by atoms with Gasteiger partial charge in [-0.05, 0) is 47.4 Å². The molecule has 1 atom stereocenters. The number of aliphatic hydroxyl groups is 1. The van der Waals surface area contributed by atoms with Crippen molar-refractivity contribution in [1.82, 2.24) is 15.4 Å². The van der Waals surface area contributed by atoms with E-state index in [-0.39, 0.29) is 5.75 Å². The van der Waals surface area contributed by atoms with E-state index in [4.69, 9.17) is 0 Å². The molecule has 4 rings (SSSR count). The summed E-state index contributed by atoms with van der Waals surface area (Å²) in [5.41, 5.74) is 5.88. The summed E-state index contributed by atoms with van der Waals surface area (Å²) in [6.45, 7) is 1.74. The molecule has 0 aliphatic carbocycles. The van der Waals surface area contributed by atoms with Crippen LogP contribution in [0.5, 0.6) is 5.75 Å². The molecule has 0 radical (unpaired) electrons. The van der Waals surface area contributed by atoms with Crippen LogP contribution >= 0.6 is 0 Å². The van der Waals surface area contributed by atoms with Crippen molar-refractivity contribution in [2.24, 2.45) is 0 Å². The molecule has 1 heterocycles. The number of aromatic amines is 1. The predicted octanol–water partition coefficient (Wildman–Crippen LogP) is 4.05. The van der Waals surface area contributed by atoms with Crippen LogP contribution in [0.25, 0.3) is 33.3 Å². The van der Waals surface area contributed by atoms with Crippen LogP contribution in [0.15, 0.2) is 60.7 Å². The summed E-state index contributed by atoms with van der Waals surface area (Å²) in [4.78, 5) is 0. The van der Waals surface area contributed by atoms with Gasteiger partial charge in [-0.25, -0.2) is 0 Å². The molecule has 0 aliphatic heterocycles. The smallest absolute Gasteiger partial charge is 0.124 e. The number of hydrogen-bond donors (Lipinski definition) is 3. The van der Waals surface area contributed by atoms with Gasteiger partial charge >= 0.3 is 0 Å². The Balaban J connectivity index is 1.88. The number of rotatable bonds is 3. The number of nitrogens with zero attached hydrogens (tertiary/aromatic N) is 2. The van der Waals surface area contributed by atoms with E-state index in [0.717, 1.165) is 38.9 Å². The minimum Gasteiger partial charge on any atom is -0.507 e. The molecule has 5 nitrogen and oxygen atoms in total. The first-order chi connectivity index (χ1) is 12.1. The Morgan fingerprint density at radius 2 is 1.60 bits per heavy atom. The van der Waals surface area contributed by atoms with Gasteiger partial charge < -0.3 is 10.2 Å². The summed E-state index contributed by atoms with van der Waals surface area (Å²) in [5, 5.41) is 31.0. The number of fused-ring (bicyclic) bond motifs is 1. The van der Waals surface area contributed by atoms with Gasteiger partial charge in [0.15, 0.2) is 0 Å². The van der Waals surface area contributed by atoms with Crippen LogP contribution in [0.1, 0.15) is 18.6 Å². The minimum atomic E-state index is -0.507. The number of aromatic hydroxyl groups is 1. The third kappa shape index (κ3) is 2.75. The van der Waals surface area contributed by atoms with Crippen LogP contribution in [-0.4, -0.2) is 25.6 Å². The average Bonchev–Trinajstić information content (AvgIpc) is 3.09. The van der Waals surface area contributed by atoms with E-state index in [1.807, 2.05) is 54.6 Å². The van der Waals surface area contributed by atoms with E-state index in [9.17, 15) is 10.2 Å². The van der Waals surface area contributed by atoms with Gasteiger partial charge in [0.05, 0.1) is 6.10 Å². The van der Waals surface area contributed by atoms with Crippen molar-refractivity contribution >= 4 is 11.0 Å². The standard InChI is InChI=1S/C20H17N3O2/c1-12(24)13-5-7-14(8-6-13)16-3-2-4-19(25)20(16)15-9-10-17-18(11-15)22-23-21-17/h2-12,24-25H,1H3,(H,21,22,23). The lowest BCUT2D eigenvalue weighted by Crippen LogP contribution is -1.91. The molecule has 0 saturated carbocycles. The van der Waals surface area contributed by atoms with E-state index >= 15 is 0 Å². The zero-order chi connectivity index (χ0) is 17.4. The monoisotopic (exact) mass is 331 g/mol. The molecule has 1 aromatic heterocycles. The maximum Gasteiger partial charge on any atom is 0.124 e. The maximum atomic E-state index is 10.5. The minimum absolute atomic E-state index is 0.208. The Kier molecular flexibility index (Phi) is 3.71. The number of aromatic nitrogens is 3. The molecule has 0 saturated heterocycles. The average molecular weight is 331 g/mol. The molecular formula is C20H17N3O2. The van der Waals surface area contributed by atoms with Gasteiger partial charge in [-0.3, -0.25) is 0 Å². The summed E-state index contributed by atoms with van der Waals surface area (Å²) < 4.78 is 0. The van der Waals surface area contributed by atoms with Crippen molar-refractivity contribution in [3.8, 4) is 28.0 Å². The van der Waals surface area contributed by atoms with Gasteiger partial charge in [0, 0.05) is 5.56 Å². The number of phenols is 1. The van der Waals surface area contributed by atoms with Crippen molar-refractivity contribution in [3.05, 3.63) is 66.2 Å². The third-order valence-corrected chi connectivity index (χ3v) is 4.35. The predicted molar refractivity (Wildman–Crippen MR) is 97.1 cm³/mol. The quantitative estimate of drug-likeness (QED) is 0.529. The molecule has 0 amide bonds. The molecule has 3 N–H and O–H groups in total. The van der Waals surface area contributed by atoms with Crippen LogP contribution in [-0.2, 0) is 0 Å². The Morgan fingerprint density at radius 3 is 2.36 bits per heavy atom. The van der Waals surface area contributed by atoms with Crippen molar-refractivity contribution < 1.29 is 10.2 Å². The Morgan fingerprint density at radius 1 is 0.880 bits per heavy atom. The molecule has 1 unspecified atom stereocenters. The van der Waals surface area contributed by atoms with Crippen LogP contribution in [0.4, 0.5) is 0 Å². The number of benzene rings is 3. The van der Waals surface area contributed by atoms with Crippen LogP contribution in [0.2, 0.25) is 0 Å². The zero-order valence-electron chi connectivity index (χ0n) is 13.6. The van der Waals surface area contributed by atoms with E-state index in [1.165, 1.54) is 0 Å². The molecule has 0 bridgehead atoms. The highest BCUT2D eigenvalue weighted by atomic mass is 16.3. The molecule has 5 heteroatoms.